The summed E-state index contributed by atoms with van der Waals surface area (Å²) < 4.78 is 5.37. The second kappa shape index (κ2) is 9.77. The van der Waals surface area contributed by atoms with Gasteiger partial charge in [-0.1, -0.05) is 27.7 Å². The van der Waals surface area contributed by atoms with Crippen LogP contribution >= 0.6 is 0 Å². The van der Waals surface area contributed by atoms with Crippen molar-refractivity contribution in [3.05, 3.63) is 12.7 Å². The van der Waals surface area contributed by atoms with Gasteiger partial charge in [-0.25, -0.2) is 0 Å². The molecule has 0 fully saturated rings. The van der Waals surface area contributed by atoms with Crippen molar-refractivity contribution in [3.63, 3.8) is 0 Å². The molecule has 0 saturated carbocycles. The minimum atomic E-state index is -0.479. The molecule has 0 aromatic carbocycles. The molecular weight excluding hydrogens is 362 g/mol. The quantitative estimate of drug-likeness (QED) is 0.736. The molecule has 4 heteroatoms. The predicted octanol–water partition coefficient (Wildman–Crippen LogP) is 2.25. The smallest absolute Gasteiger partial charge is 0.660 e. The first kappa shape index (κ1) is 20.9. The molecule has 0 aliphatic heterocycles. The van der Waals surface area contributed by atoms with E-state index in [0.717, 1.165) is 0 Å². The van der Waals surface area contributed by atoms with E-state index in [4.69, 9.17) is 4.74 Å². The van der Waals surface area contributed by atoms with Gasteiger partial charge in [-0.15, -0.1) is 6.04 Å². The van der Waals surface area contributed by atoms with E-state index >= 15 is 0 Å². The van der Waals surface area contributed by atoms with Crippen LogP contribution in [-0.4, -0.2) is 37.5 Å². The number of nitrogens with zero attached hydrogens (tertiary/aromatic N) is 1. The molecule has 3 nitrogen and oxygen atoms in total. The van der Waals surface area contributed by atoms with Crippen molar-refractivity contribution >= 4 is 0 Å². The first-order chi connectivity index (χ1) is 5.87. The molecule has 0 aromatic rings. The molecule has 15 heavy (non-hydrogen) atoms. The molecule has 0 saturated heterocycles. The maximum absolute atomic E-state index is 9.50. The molecule has 0 aliphatic rings. The molecule has 0 rings (SSSR count). The van der Waals surface area contributed by atoms with Crippen LogP contribution < -0.4 is 0 Å². The summed E-state index contributed by atoms with van der Waals surface area (Å²) in [5, 5.41) is 13.5. The monoisotopic (exact) mass is 387 g/mol. The Labute approximate surface area is 109 Å². The van der Waals surface area contributed by atoms with E-state index in [-0.39, 0.29) is 39.9 Å². The first-order valence-electron chi connectivity index (χ1n) is 4.71. The van der Waals surface area contributed by atoms with Gasteiger partial charge < -0.3 is 22.6 Å². The Morgan fingerprint density at radius 3 is 2.13 bits per heavy atom. The minimum absolute atomic E-state index is 0. The maximum Gasteiger partial charge on any atom is 2.00 e. The summed E-state index contributed by atoms with van der Waals surface area (Å²) in [5.74, 6) is 0. The van der Waals surface area contributed by atoms with Crippen LogP contribution in [0, 0.1) is 12.8 Å². The molecule has 2 atom stereocenters. The standard InChI is InChI=1S/C10H22NO2.CH3.W/c1-8(11-5)9(12)6-13-7-10(2,3)4;;/h8-9,12H,6-7H2,1-5H3;1H3;/q2*-1;+2. The second-order valence-corrected chi connectivity index (χ2v) is 4.64. The van der Waals surface area contributed by atoms with Crippen molar-refractivity contribution in [3.8, 4) is 0 Å². The largest absolute Gasteiger partial charge is 2.00 e. The summed E-state index contributed by atoms with van der Waals surface area (Å²) in [5.41, 5.74) is 0.159. The number of hydrogen-bond donors (Lipinski definition) is 1. The fraction of sp³-hybridized carbons (Fsp3) is 0.909. The van der Waals surface area contributed by atoms with Crippen molar-refractivity contribution in [2.75, 3.05) is 20.3 Å². The van der Waals surface area contributed by atoms with Crippen LogP contribution in [0.3, 0.4) is 0 Å². The van der Waals surface area contributed by atoms with Gasteiger partial charge in [-0.3, -0.25) is 0 Å². The molecule has 0 aliphatic carbocycles. The molecular formula is C11H25NO2W. The molecule has 0 radical (unpaired) electrons. The van der Waals surface area contributed by atoms with Crippen molar-refractivity contribution in [1.82, 2.24) is 0 Å². The SMILES string of the molecule is C[N-]C(C)C(O)COCC(C)(C)C.[CH3-].[W+2]. The zero-order chi connectivity index (χ0) is 10.5. The van der Waals surface area contributed by atoms with Crippen molar-refractivity contribution < 1.29 is 30.9 Å². The number of likely N-dealkylation sites (N-methyl/N-ethyl adjacent to an activating group) is 1. The zero-order valence-electron chi connectivity index (χ0n) is 10.8. The van der Waals surface area contributed by atoms with E-state index in [0.29, 0.717) is 13.2 Å². The summed E-state index contributed by atoms with van der Waals surface area (Å²) in [6, 6.07) is -0.0417. The van der Waals surface area contributed by atoms with Gasteiger partial charge >= 0.3 is 21.1 Å². The molecule has 0 amide bonds. The van der Waals surface area contributed by atoms with E-state index in [1.54, 1.807) is 7.05 Å². The van der Waals surface area contributed by atoms with E-state index in [2.05, 4.69) is 26.1 Å². The summed E-state index contributed by atoms with van der Waals surface area (Å²) in [6.07, 6.45) is -0.479. The van der Waals surface area contributed by atoms with E-state index in [1.807, 2.05) is 6.92 Å². The fourth-order valence-electron chi connectivity index (χ4n) is 0.797. The van der Waals surface area contributed by atoms with Crippen molar-refractivity contribution in [2.45, 2.75) is 39.8 Å². The van der Waals surface area contributed by atoms with Gasteiger partial charge in [0.25, 0.3) is 0 Å². The molecule has 1 N–H and O–H groups in total. The number of aliphatic hydroxyl groups is 1. The van der Waals surface area contributed by atoms with Crippen LogP contribution in [0.5, 0.6) is 0 Å². The molecule has 0 bridgehead atoms. The van der Waals surface area contributed by atoms with Crippen LogP contribution in [-0.2, 0) is 25.8 Å². The van der Waals surface area contributed by atoms with E-state index in [1.165, 1.54) is 0 Å². The van der Waals surface area contributed by atoms with Crippen LogP contribution in [0.2, 0.25) is 0 Å². The Morgan fingerprint density at radius 1 is 1.33 bits per heavy atom. The van der Waals surface area contributed by atoms with Crippen molar-refractivity contribution in [2.24, 2.45) is 5.41 Å². The van der Waals surface area contributed by atoms with Gasteiger partial charge in [0, 0.05) is 0 Å². The Hall–Kier alpha value is 0.568. The van der Waals surface area contributed by atoms with Crippen LogP contribution in [0.25, 0.3) is 5.32 Å². The Balaban J connectivity index is -0.000000720. The number of aliphatic hydroxyl groups excluding tert-OH is 1. The van der Waals surface area contributed by atoms with Gasteiger partial charge in [-0.2, -0.15) is 7.05 Å². The maximum atomic E-state index is 9.50. The van der Waals surface area contributed by atoms with Gasteiger partial charge in [-0.05, 0) is 5.41 Å². The molecule has 0 heterocycles. The van der Waals surface area contributed by atoms with Gasteiger partial charge in [0.2, 0.25) is 0 Å². The fourth-order valence-corrected chi connectivity index (χ4v) is 0.797. The Bertz CT molecular complexity index is 137. The Kier molecular flexibility index (Phi) is 13.6. The zero-order valence-corrected chi connectivity index (χ0v) is 13.7. The molecule has 0 spiro atoms. The number of rotatable bonds is 5. The van der Waals surface area contributed by atoms with Gasteiger partial charge in [0.15, 0.2) is 0 Å². The third-order valence-corrected chi connectivity index (χ3v) is 1.79. The third kappa shape index (κ3) is 12.5. The van der Waals surface area contributed by atoms with Crippen LogP contribution in [0.4, 0.5) is 0 Å². The van der Waals surface area contributed by atoms with Crippen LogP contribution in [0.15, 0.2) is 0 Å². The van der Waals surface area contributed by atoms with Gasteiger partial charge in [0.1, 0.15) is 0 Å². The summed E-state index contributed by atoms with van der Waals surface area (Å²) in [6.45, 7) is 9.23. The summed E-state index contributed by atoms with van der Waals surface area (Å²) in [7, 11) is 1.71. The Morgan fingerprint density at radius 2 is 1.80 bits per heavy atom. The molecule has 92 valence electrons. The number of ether oxygens (including phenoxy) is 1. The van der Waals surface area contributed by atoms with Gasteiger partial charge in [0.05, 0.1) is 19.3 Å². The van der Waals surface area contributed by atoms with E-state index < -0.39 is 6.10 Å². The molecule has 2 unspecified atom stereocenters. The topological polar surface area (TPSA) is 43.6 Å². The third-order valence-electron chi connectivity index (χ3n) is 1.79. The van der Waals surface area contributed by atoms with Crippen LogP contribution in [0.1, 0.15) is 27.7 Å². The normalized spacial score (nSPS) is 14.8. The molecule has 0 aromatic heterocycles. The van der Waals surface area contributed by atoms with Crippen molar-refractivity contribution in [1.29, 1.82) is 0 Å². The van der Waals surface area contributed by atoms with E-state index in [9.17, 15) is 5.11 Å². The first-order valence-corrected chi connectivity index (χ1v) is 4.71. The average molecular weight is 387 g/mol. The predicted molar refractivity (Wildman–Crippen MR) is 61.4 cm³/mol. The minimum Gasteiger partial charge on any atom is -0.660 e. The summed E-state index contributed by atoms with van der Waals surface area (Å²) >= 11 is 0. The average Bonchev–Trinajstić information content (AvgIpc) is 2.00. The second-order valence-electron chi connectivity index (χ2n) is 4.64. The summed E-state index contributed by atoms with van der Waals surface area (Å²) in [4.78, 5) is 0. The number of hydrogen-bond acceptors (Lipinski definition) is 2.